The summed E-state index contributed by atoms with van der Waals surface area (Å²) in [6.07, 6.45) is 1.90. The molecule has 0 amide bonds. The van der Waals surface area contributed by atoms with Crippen LogP contribution in [0, 0.1) is 11.7 Å². The minimum atomic E-state index is -3.89. The number of sulfonamides is 1. The van der Waals surface area contributed by atoms with Crippen molar-refractivity contribution >= 4 is 34.0 Å². The molecule has 1 aliphatic carbocycles. The van der Waals surface area contributed by atoms with Gasteiger partial charge in [-0.1, -0.05) is 11.6 Å². The quantitative estimate of drug-likeness (QED) is 0.867. The lowest BCUT2D eigenvalue weighted by Crippen LogP contribution is -2.41. The Hall–Kier alpha value is -0.400. The standard InChI is InChI=1S/C11H14ClFN2O2S.ClH/c12-8-3-4-11(9(13)5-8)18(16,17)15-10(6-14)7-1-2-7;/h3-5,7,10,15H,1-2,6,14H2;1H. The molecule has 0 heterocycles. The highest BCUT2D eigenvalue weighted by molar-refractivity contribution is 7.89. The van der Waals surface area contributed by atoms with Gasteiger partial charge in [-0.05, 0) is 37.0 Å². The first kappa shape index (κ1) is 16.7. The zero-order chi connectivity index (χ0) is 13.3. The molecule has 0 spiro atoms. The summed E-state index contributed by atoms with van der Waals surface area (Å²) in [5.41, 5.74) is 5.52. The predicted octanol–water partition coefficient (Wildman–Crippen LogP) is 1.92. The summed E-state index contributed by atoms with van der Waals surface area (Å²) in [5, 5.41) is 0.156. The van der Waals surface area contributed by atoms with E-state index in [0.717, 1.165) is 25.0 Å². The van der Waals surface area contributed by atoms with Gasteiger partial charge >= 0.3 is 0 Å². The first-order valence-electron chi connectivity index (χ1n) is 5.61. The average Bonchev–Trinajstić information content (AvgIpc) is 3.09. The highest BCUT2D eigenvalue weighted by Gasteiger charge is 2.34. The van der Waals surface area contributed by atoms with Gasteiger partial charge in [0, 0.05) is 17.6 Å². The van der Waals surface area contributed by atoms with Crippen LogP contribution in [0.25, 0.3) is 0 Å². The maximum atomic E-state index is 13.6. The highest BCUT2D eigenvalue weighted by atomic mass is 35.5. The summed E-state index contributed by atoms with van der Waals surface area (Å²) in [7, 11) is -3.89. The summed E-state index contributed by atoms with van der Waals surface area (Å²) in [5.74, 6) is -0.596. The van der Waals surface area contributed by atoms with Crippen LogP contribution in [0.15, 0.2) is 23.1 Å². The second kappa shape index (κ2) is 6.37. The molecule has 1 atom stereocenters. The Morgan fingerprint density at radius 3 is 2.58 bits per heavy atom. The zero-order valence-corrected chi connectivity index (χ0v) is 12.4. The summed E-state index contributed by atoms with van der Waals surface area (Å²) in [6.45, 7) is 0.207. The SMILES string of the molecule is Cl.NCC(NS(=O)(=O)c1ccc(Cl)cc1F)C1CC1. The molecule has 0 saturated heterocycles. The zero-order valence-electron chi connectivity index (χ0n) is 9.97. The molecular formula is C11H15Cl2FN2O2S. The van der Waals surface area contributed by atoms with E-state index in [1.807, 2.05) is 0 Å². The summed E-state index contributed by atoms with van der Waals surface area (Å²) in [4.78, 5) is -0.397. The number of halogens is 3. The second-order valence-corrected chi connectivity index (χ2v) is 6.49. The normalized spacial score (nSPS) is 16.8. The molecule has 4 nitrogen and oxygen atoms in total. The van der Waals surface area contributed by atoms with Crippen LogP contribution in [0.5, 0.6) is 0 Å². The van der Waals surface area contributed by atoms with Gasteiger partial charge in [0.2, 0.25) is 10.0 Å². The largest absolute Gasteiger partial charge is 0.329 e. The molecule has 19 heavy (non-hydrogen) atoms. The Morgan fingerprint density at radius 2 is 2.11 bits per heavy atom. The van der Waals surface area contributed by atoms with Crippen molar-refractivity contribution in [2.75, 3.05) is 6.54 Å². The molecule has 108 valence electrons. The van der Waals surface area contributed by atoms with E-state index >= 15 is 0 Å². The van der Waals surface area contributed by atoms with Crippen molar-refractivity contribution in [2.45, 2.75) is 23.8 Å². The Kier molecular flexibility index (Phi) is 5.58. The van der Waals surface area contributed by atoms with Crippen molar-refractivity contribution in [3.05, 3.63) is 29.0 Å². The third-order valence-corrected chi connectivity index (χ3v) is 4.69. The third-order valence-electron chi connectivity index (χ3n) is 2.93. The van der Waals surface area contributed by atoms with E-state index in [1.54, 1.807) is 0 Å². The van der Waals surface area contributed by atoms with Crippen LogP contribution in [0.1, 0.15) is 12.8 Å². The van der Waals surface area contributed by atoms with Gasteiger partial charge in [0.15, 0.2) is 0 Å². The number of rotatable bonds is 5. The molecule has 1 aliphatic rings. The van der Waals surface area contributed by atoms with Crippen LogP contribution in [0.2, 0.25) is 5.02 Å². The fourth-order valence-electron chi connectivity index (χ4n) is 1.79. The Labute approximate surface area is 123 Å². The smallest absolute Gasteiger partial charge is 0.243 e. The Morgan fingerprint density at radius 1 is 1.47 bits per heavy atom. The van der Waals surface area contributed by atoms with E-state index < -0.39 is 20.7 Å². The second-order valence-electron chi connectivity index (χ2n) is 4.38. The van der Waals surface area contributed by atoms with Crippen molar-refractivity contribution in [2.24, 2.45) is 11.7 Å². The average molecular weight is 329 g/mol. The van der Waals surface area contributed by atoms with Crippen molar-refractivity contribution in [3.8, 4) is 0 Å². The lowest BCUT2D eigenvalue weighted by molar-refractivity contribution is 0.511. The van der Waals surface area contributed by atoms with E-state index in [-0.39, 0.29) is 35.9 Å². The fraction of sp³-hybridized carbons (Fsp3) is 0.455. The molecule has 1 aromatic rings. The van der Waals surface area contributed by atoms with Crippen LogP contribution < -0.4 is 10.5 Å². The van der Waals surface area contributed by atoms with Crippen molar-refractivity contribution in [1.82, 2.24) is 4.72 Å². The number of nitrogens with two attached hydrogens (primary N) is 1. The van der Waals surface area contributed by atoms with Crippen LogP contribution in [-0.4, -0.2) is 21.0 Å². The van der Waals surface area contributed by atoms with Crippen molar-refractivity contribution in [3.63, 3.8) is 0 Å². The van der Waals surface area contributed by atoms with E-state index in [2.05, 4.69) is 4.72 Å². The van der Waals surface area contributed by atoms with Crippen LogP contribution in [0.3, 0.4) is 0 Å². The number of hydrogen-bond donors (Lipinski definition) is 2. The monoisotopic (exact) mass is 328 g/mol. The lowest BCUT2D eigenvalue weighted by atomic mass is 10.2. The van der Waals surface area contributed by atoms with Gasteiger partial charge in [0.1, 0.15) is 10.7 Å². The fourth-order valence-corrected chi connectivity index (χ4v) is 3.33. The molecular weight excluding hydrogens is 314 g/mol. The highest BCUT2D eigenvalue weighted by Crippen LogP contribution is 2.33. The van der Waals surface area contributed by atoms with Gasteiger partial charge < -0.3 is 5.73 Å². The third kappa shape index (κ3) is 4.03. The van der Waals surface area contributed by atoms with E-state index in [1.165, 1.54) is 6.07 Å². The molecule has 0 bridgehead atoms. The molecule has 8 heteroatoms. The maximum Gasteiger partial charge on any atom is 0.243 e. The summed E-state index contributed by atoms with van der Waals surface area (Å²) < 4.78 is 40.1. The van der Waals surface area contributed by atoms with Crippen molar-refractivity contribution in [1.29, 1.82) is 0 Å². The predicted molar refractivity (Wildman–Crippen MR) is 74.5 cm³/mol. The molecule has 1 aromatic carbocycles. The molecule has 0 aromatic heterocycles. The first-order valence-corrected chi connectivity index (χ1v) is 7.47. The van der Waals surface area contributed by atoms with E-state index in [4.69, 9.17) is 17.3 Å². The van der Waals surface area contributed by atoms with Crippen LogP contribution in [-0.2, 0) is 10.0 Å². The molecule has 1 fully saturated rings. The van der Waals surface area contributed by atoms with Gasteiger partial charge in [0.05, 0.1) is 0 Å². The minimum Gasteiger partial charge on any atom is -0.329 e. The summed E-state index contributed by atoms with van der Waals surface area (Å²) >= 11 is 5.59. The number of nitrogens with one attached hydrogen (secondary N) is 1. The Balaban J connectivity index is 0.00000180. The minimum absolute atomic E-state index is 0. The molecule has 0 radical (unpaired) electrons. The van der Waals surface area contributed by atoms with Gasteiger partial charge in [-0.15, -0.1) is 12.4 Å². The molecule has 1 saturated carbocycles. The molecule has 3 N–H and O–H groups in total. The van der Waals surface area contributed by atoms with Gasteiger partial charge in [-0.25, -0.2) is 17.5 Å². The van der Waals surface area contributed by atoms with Crippen LogP contribution in [0.4, 0.5) is 4.39 Å². The van der Waals surface area contributed by atoms with Crippen LogP contribution >= 0.6 is 24.0 Å². The Bertz CT molecular complexity index is 550. The summed E-state index contributed by atoms with van der Waals surface area (Å²) in [6, 6.07) is 3.14. The van der Waals surface area contributed by atoms with Gasteiger partial charge in [0.25, 0.3) is 0 Å². The van der Waals surface area contributed by atoms with Crippen molar-refractivity contribution < 1.29 is 12.8 Å². The van der Waals surface area contributed by atoms with E-state index in [0.29, 0.717) is 0 Å². The molecule has 2 rings (SSSR count). The number of benzene rings is 1. The van der Waals surface area contributed by atoms with Gasteiger partial charge in [-0.2, -0.15) is 0 Å². The lowest BCUT2D eigenvalue weighted by Gasteiger charge is -2.16. The van der Waals surface area contributed by atoms with E-state index in [9.17, 15) is 12.8 Å². The number of hydrogen-bond acceptors (Lipinski definition) is 3. The maximum absolute atomic E-state index is 13.6. The molecule has 0 aliphatic heterocycles. The molecule has 1 unspecified atom stereocenters. The first-order chi connectivity index (χ1) is 8.44. The topological polar surface area (TPSA) is 72.2 Å². The van der Waals surface area contributed by atoms with Gasteiger partial charge in [-0.3, -0.25) is 0 Å².